The van der Waals surface area contributed by atoms with Crippen molar-refractivity contribution < 1.29 is 19.0 Å². The van der Waals surface area contributed by atoms with E-state index in [1.54, 1.807) is 24.3 Å². The van der Waals surface area contributed by atoms with Gasteiger partial charge in [0.05, 0.1) is 23.8 Å². The van der Waals surface area contributed by atoms with Crippen LogP contribution in [0, 0.1) is 18.3 Å². The van der Waals surface area contributed by atoms with Crippen LogP contribution in [0.15, 0.2) is 78.4 Å². The Morgan fingerprint density at radius 1 is 1.00 bits per heavy atom. The summed E-state index contributed by atoms with van der Waals surface area (Å²) >= 11 is 0. The van der Waals surface area contributed by atoms with Crippen molar-refractivity contribution in [2.45, 2.75) is 20.5 Å². The number of aryl methyl sites for hydroxylation is 1. The van der Waals surface area contributed by atoms with Gasteiger partial charge in [0.15, 0.2) is 11.5 Å². The smallest absolute Gasteiger partial charge is 0.343 e. The number of hydrogen-bond donors (Lipinski definition) is 0. The summed E-state index contributed by atoms with van der Waals surface area (Å²) in [6.45, 7) is 4.62. The van der Waals surface area contributed by atoms with Crippen LogP contribution < -0.4 is 9.47 Å². The summed E-state index contributed by atoms with van der Waals surface area (Å²) in [7, 11) is 0. The topological polar surface area (TPSA) is 68.6 Å². The van der Waals surface area contributed by atoms with Crippen molar-refractivity contribution in [2.75, 3.05) is 6.61 Å². The first-order valence-electron chi connectivity index (χ1n) is 10.7. The summed E-state index contributed by atoms with van der Waals surface area (Å²) in [5, 5.41) is 9.27. The maximum atomic E-state index is 12.4. The lowest BCUT2D eigenvalue weighted by Crippen LogP contribution is -2.01. The number of esters is 1. The third-order valence-electron chi connectivity index (χ3n) is 5.17. The molecule has 0 N–H and O–H groups in total. The number of hydrogen-bond acceptors (Lipinski definition) is 5. The molecular weight excluding hydrogens is 414 g/mol. The monoisotopic (exact) mass is 437 g/mol. The van der Waals surface area contributed by atoms with Gasteiger partial charge in [-0.2, -0.15) is 5.26 Å². The van der Waals surface area contributed by atoms with Crippen molar-refractivity contribution in [3.05, 3.63) is 106 Å². The number of carbonyl (C=O) groups excluding carboxylic acids is 1. The second-order valence-electron chi connectivity index (χ2n) is 7.56. The standard InChI is InChI=1S/C28H23NO4/c1-3-31-27-15-20(10-13-25(27)32-18-23-7-5-4-6-22(23)17-29)14-24-16-26(33-28(24)30)21-11-8-19(2)9-12-21/h4-16H,3,18H2,1-2H3. The first kappa shape index (κ1) is 21.9. The van der Waals surface area contributed by atoms with E-state index >= 15 is 0 Å². The van der Waals surface area contributed by atoms with Gasteiger partial charge in [-0.1, -0.05) is 54.1 Å². The molecule has 0 bridgehead atoms. The van der Waals surface area contributed by atoms with Gasteiger partial charge in [0, 0.05) is 11.1 Å². The molecule has 3 aromatic carbocycles. The largest absolute Gasteiger partial charge is 0.490 e. The molecule has 0 unspecified atom stereocenters. The second-order valence-corrected chi connectivity index (χ2v) is 7.56. The fourth-order valence-electron chi connectivity index (χ4n) is 3.44. The minimum absolute atomic E-state index is 0.249. The van der Waals surface area contributed by atoms with E-state index in [1.165, 1.54) is 0 Å². The number of nitrogens with zero attached hydrogens (tertiary/aromatic N) is 1. The summed E-state index contributed by atoms with van der Waals surface area (Å²) in [5.41, 5.74) is 4.63. The first-order chi connectivity index (χ1) is 16.1. The Hall–Kier alpha value is -4.30. The quantitative estimate of drug-likeness (QED) is 0.344. The molecule has 0 amide bonds. The number of carbonyl (C=O) groups is 1. The van der Waals surface area contributed by atoms with Crippen molar-refractivity contribution in [2.24, 2.45) is 0 Å². The number of nitriles is 1. The maximum Gasteiger partial charge on any atom is 0.343 e. The van der Waals surface area contributed by atoms with Crippen LogP contribution in [0.1, 0.15) is 34.7 Å². The molecule has 0 aromatic heterocycles. The van der Waals surface area contributed by atoms with E-state index < -0.39 is 5.97 Å². The molecule has 164 valence electrons. The van der Waals surface area contributed by atoms with Crippen LogP contribution in [-0.2, 0) is 16.1 Å². The van der Waals surface area contributed by atoms with Crippen LogP contribution in [-0.4, -0.2) is 12.6 Å². The Bertz CT molecular complexity index is 1280. The lowest BCUT2D eigenvalue weighted by Gasteiger charge is -2.13. The summed E-state index contributed by atoms with van der Waals surface area (Å²) < 4.78 is 17.2. The SMILES string of the molecule is CCOc1cc(C=C2C=C(c3ccc(C)cc3)OC2=O)ccc1OCc1ccccc1C#N. The molecule has 0 fully saturated rings. The molecule has 5 nitrogen and oxygen atoms in total. The highest BCUT2D eigenvalue weighted by Crippen LogP contribution is 2.32. The Morgan fingerprint density at radius 3 is 2.55 bits per heavy atom. The van der Waals surface area contributed by atoms with Gasteiger partial charge in [0.25, 0.3) is 0 Å². The van der Waals surface area contributed by atoms with Crippen molar-refractivity contribution in [1.29, 1.82) is 5.26 Å². The van der Waals surface area contributed by atoms with Gasteiger partial charge in [-0.3, -0.25) is 0 Å². The van der Waals surface area contributed by atoms with E-state index in [-0.39, 0.29) is 6.61 Å². The summed E-state index contributed by atoms with van der Waals surface area (Å²) in [6.07, 6.45) is 3.51. The molecule has 4 rings (SSSR count). The molecule has 0 saturated heterocycles. The maximum absolute atomic E-state index is 12.4. The number of cyclic esters (lactones) is 1. The molecule has 0 aliphatic carbocycles. The lowest BCUT2D eigenvalue weighted by molar-refractivity contribution is -0.130. The zero-order valence-corrected chi connectivity index (χ0v) is 18.5. The summed E-state index contributed by atoms with van der Waals surface area (Å²) in [4.78, 5) is 12.4. The van der Waals surface area contributed by atoms with Crippen LogP contribution >= 0.6 is 0 Å². The molecule has 3 aromatic rings. The van der Waals surface area contributed by atoms with Gasteiger partial charge in [-0.15, -0.1) is 0 Å². The minimum atomic E-state index is -0.392. The second kappa shape index (κ2) is 9.88. The molecule has 1 heterocycles. The summed E-state index contributed by atoms with van der Waals surface area (Å²) in [6, 6.07) is 22.8. The number of benzene rings is 3. The Morgan fingerprint density at radius 2 is 1.79 bits per heavy atom. The number of ether oxygens (including phenoxy) is 3. The predicted octanol–water partition coefficient (Wildman–Crippen LogP) is 5.83. The average Bonchev–Trinajstić information content (AvgIpc) is 3.19. The van der Waals surface area contributed by atoms with Crippen LogP contribution in [0.3, 0.4) is 0 Å². The van der Waals surface area contributed by atoms with Crippen molar-refractivity contribution >= 4 is 17.8 Å². The zero-order chi connectivity index (χ0) is 23.2. The van der Waals surface area contributed by atoms with E-state index in [9.17, 15) is 10.1 Å². The lowest BCUT2D eigenvalue weighted by atomic mass is 10.1. The highest BCUT2D eigenvalue weighted by Gasteiger charge is 2.22. The molecule has 33 heavy (non-hydrogen) atoms. The number of rotatable bonds is 7. The summed E-state index contributed by atoms with van der Waals surface area (Å²) in [5.74, 6) is 1.27. The van der Waals surface area contributed by atoms with Crippen LogP contribution in [0.4, 0.5) is 0 Å². The van der Waals surface area contributed by atoms with Crippen LogP contribution in [0.5, 0.6) is 11.5 Å². The first-order valence-corrected chi connectivity index (χ1v) is 10.7. The fourth-order valence-corrected chi connectivity index (χ4v) is 3.44. The Balaban J connectivity index is 1.57. The van der Waals surface area contributed by atoms with E-state index in [4.69, 9.17) is 14.2 Å². The van der Waals surface area contributed by atoms with Gasteiger partial charge in [0.2, 0.25) is 0 Å². The van der Waals surface area contributed by atoms with Gasteiger partial charge in [0.1, 0.15) is 12.4 Å². The molecule has 0 saturated carbocycles. The highest BCUT2D eigenvalue weighted by atomic mass is 16.5. The predicted molar refractivity (Wildman–Crippen MR) is 126 cm³/mol. The fraction of sp³-hybridized carbons (Fsp3) is 0.143. The van der Waals surface area contributed by atoms with Gasteiger partial charge < -0.3 is 14.2 Å². The average molecular weight is 437 g/mol. The van der Waals surface area contributed by atoms with E-state index in [0.29, 0.717) is 35.0 Å². The Labute approximate surface area is 193 Å². The molecule has 1 aliphatic heterocycles. The van der Waals surface area contributed by atoms with Gasteiger partial charge in [-0.25, -0.2) is 4.79 Å². The normalized spacial score (nSPS) is 13.9. The Kier molecular flexibility index (Phi) is 6.56. The van der Waals surface area contributed by atoms with Gasteiger partial charge in [-0.05, 0) is 49.8 Å². The third kappa shape index (κ3) is 5.13. The van der Waals surface area contributed by atoms with Crippen molar-refractivity contribution in [3.8, 4) is 17.6 Å². The van der Waals surface area contributed by atoms with Crippen molar-refractivity contribution in [3.63, 3.8) is 0 Å². The molecule has 0 spiro atoms. The van der Waals surface area contributed by atoms with Crippen LogP contribution in [0.2, 0.25) is 0 Å². The molecular formula is C28H23NO4. The van der Waals surface area contributed by atoms with Crippen LogP contribution in [0.25, 0.3) is 11.8 Å². The highest BCUT2D eigenvalue weighted by molar-refractivity contribution is 6.05. The molecule has 0 atom stereocenters. The zero-order valence-electron chi connectivity index (χ0n) is 18.5. The third-order valence-corrected chi connectivity index (χ3v) is 5.17. The van der Waals surface area contributed by atoms with E-state index in [2.05, 4.69) is 6.07 Å². The van der Waals surface area contributed by atoms with Crippen molar-refractivity contribution in [1.82, 2.24) is 0 Å². The molecule has 5 heteroatoms. The minimum Gasteiger partial charge on any atom is -0.490 e. The molecule has 1 aliphatic rings. The van der Waals surface area contributed by atoms with Gasteiger partial charge >= 0.3 is 5.97 Å². The van der Waals surface area contributed by atoms with E-state index in [1.807, 2.05) is 68.4 Å². The molecule has 0 radical (unpaired) electrons. The van der Waals surface area contributed by atoms with E-state index in [0.717, 1.165) is 22.3 Å².